The zero-order valence-corrected chi connectivity index (χ0v) is 4.96. The minimum absolute atomic E-state index is 0.907. The highest BCUT2D eigenvalue weighted by Crippen LogP contribution is 2.14. The van der Waals surface area contributed by atoms with Crippen LogP contribution in [0.25, 0.3) is 0 Å². The first-order valence-corrected chi connectivity index (χ1v) is 3.03. The lowest BCUT2D eigenvalue weighted by Crippen LogP contribution is -1.80. The Morgan fingerprint density at radius 3 is 2.43 bits per heavy atom. The monoisotopic (exact) mass is 113 g/mol. The van der Waals surface area contributed by atoms with Gasteiger partial charge in [-0.05, 0) is 17.9 Å². The molecule has 1 nitrogen and oxygen atoms in total. The maximum Gasteiger partial charge on any atom is 0.0452 e. The van der Waals surface area contributed by atoms with Crippen LogP contribution in [0.3, 0.4) is 0 Å². The number of aryl methyl sites for hydroxylation is 1. The van der Waals surface area contributed by atoms with Crippen LogP contribution < -0.4 is 5.73 Å². The molecule has 38 valence electrons. The first-order chi connectivity index (χ1) is 3.30. The smallest absolute Gasteiger partial charge is 0.0452 e. The van der Waals surface area contributed by atoms with Crippen molar-refractivity contribution in [2.24, 2.45) is 0 Å². The highest BCUT2D eigenvalue weighted by Gasteiger charge is 1.87. The Morgan fingerprint density at radius 1 is 1.57 bits per heavy atom. The highest BCUT2D eigenvalue weighted by molar-refractivity contribution is 7.08. The van der Waals surface area contributed by atoms with Crippen LogP contribution in [-0.2, 0) is 0 Å². The molecule has 0 amide bonds. The fraction of sp³-hybridized carbons (Fsp3) is 0.200. The van der Waals surface area contributed by atoms with E-state index in [1.54, 1.807) is 11.3 Å². The largest absolute Gasteiger partial charge is 0.398 e. The van der Waals surface area contributed by atoms with E-state index < -0.39 is 0 Å². The molecule has 0 aliphatic heterocycles. The molecule has 0 spiro atoms. The van der Waals surface area contributed by atoms with Gasteiger partial charge in [0, 0.05) is 11.1 Å². The third-order valence-electron chi connectivity index (χ3n) is 0.895. The van der Waals surface area contributed by atoms with Crippen LogP contribution in [0.5, 0.6) is 0 Å². The molecular weight excluding hydrogens is 106 g/mol. The van der Waals surface area contributed by atoms with Crippen molar-refractivity contribution in [3.63, 3.8) is 0 Å². The minimum Gasteiger partial charge on any atom is -0.398 e. The van der Waals surface area contributed by atoms with E-state index in [9.17, 15) is 0 Å². The average Bonchev–Trinajstić information content (AvgIpc) is 1.91. The van der Waals surface area contributed by atoms with Gasteiger partial charge in [0.15, 0.2) is 0 Å². The van der Waals surface area contributed by atoms with E-state index in [1.807, 2.05) is 17.7 Å². The molecule has 0 saturated carbocycles. The predicted octanol–water partition coefficient (Wildman–Crippen LogP) is 1.64. The van der Waals surface area contributed by atoms with Gasteiger partial charge in [-0.2, -0.15) is 0 Å². The maximum atomic E-state index is 5.45. The molecule has 0 atom stereocenters. The zero-order chi connectivity index (χ0) is 5.28. The number of anilines is 1. The summed E-state index contributed by atoms with van der Waals surface area (Å²) in [6.45, 7) is 2.01. The Kier molecular flexibility index (Phi) is 1.02. The number of thiophene rings is 1. The SMILES string of the molecule is Cc1cscc1N. The lowest BCUT2D eigenvalue weighted by Gasteiger charge is -1.81. The van der Waals surface area contributed by atoms with Crippen molar-refractivity contribution < 1.29 is 0 Å². The Bertz CT molecular complexity index is 140. The van der Waals surface area contributed by atoms with Gasteiger partial charge in [0.1, 0.15) is 0 Å². The van der Waals surface area contributed by atoms with E-state index in [1.165, 1.54) is 5.56 Å². The van der Waals surface area contributed by atoms with Crippen LogP contribution in [0.2, 0.25) is 0 Å². The first kappa shape index (κ1) is 4.65. The predicted molar refractivity (Wildman–Crippen MR) is 33.5 cm³/mol. The van der Waals surface area contributed by atoms with Gasteiger partial charge in [-0.1, -0.05) is 0 Å². The molecule has 0 aliphatic rings. The lowest BCUT2D eigenvalue weighted by molar-refractivity contribution is 1.55. The third kappa shape index (κ3) is 0.747. The number of nitrogens with two attached hydrogens (primary N) is 1. The van der Waals surface area contributed by atoms with Crippen LogP contribution in [0, 0.1) is 6.92 Å². The van der Waals surface area contributed by atoms with Gasteiger partial charge in [-0.15, -0.1) is 11.3 Å². The molecule has 0 aromatic carbocycles. The molecule has 0 saturated heterocycles. The summed E-state index contributed by atoms with van der Waals surface area (Å²) in [5, 5.41) is 3.98. The molecule has 1 heterocycles. The molecule has 0 radical (unpaired) electrons. The molecule has 0 bridgehead atoms. The summed E-state index contributed by atoms with van der Waals surface area (Å²) < 4.78 is 0. The summed E-state index contributed by atoms with van der Waals surface area (Å²) in [4.78, 5) is 0. The van der Waals surface area contributed by atoms with E-state index in [0.717, 1.165) is 5.69 Å². The Hall–Kier alpha value is -0.500. The second-order valence-corrected chi connectivity index (χ2v) is 2.25. The van der Waals surface area contributed by atoms with E-state index in [4.69, 9.17) is 5.73 Å². The molecule has 1 aromatic heterocycles. The van der Waals surface area contributed by atoms with E-state index in [0.29, 0.717) is 0 Å². The fourth-order valence-electron chi connectivity index (χ4n) is 0.370. The Morgan fingerprint density at radius 2 is 2.29 bits per heavy atom. The minimum atomic E-state index is 0.907. The quantitative estimate of drug-likeness (QED) is 0.543. The van der Waals surface area contributed by atoms with Crippen molar-refractivity contribution in [2.75, 3.05) is 5.73 Å². The molecule has 0 aliphatic carbocycles. The average molecular weight is 113 g/mol. The Labute approximate surface area is 46.8 Å². The van der Waals surface area contributed by atoms with Crippen LogP contribution in [0.15, 0.2) is 10.8 Å². The topological polar surface area (TPSA) is 26.0 Å². The number of rotatable bonds is 0. The summed E-state index contributed by atoms with van der Waals surface area (Å²) in [6.07, 6.45) is 0. The standard InChI is InChI=1S/C5H7NS/c1-4-2-7-3-5(4)6/h2-3H,6H2,1H3. The van der Waals surface area contributed by atoms with E-state index in [2.05, 4.69) is 0 Å². The number of hydrogen-bond donors (Lipinski definition) is 1. The van der Waals surface area contributed by atoms with E-state index >= 15 is 0 Å². The van der Waals surface area contributed by atoms with E-state index in [-0.39, 0.29) is 0 Å². The van der Waals surface area contributed by atoms with Crippen molar-refractivity contribution in [3.8, 4) is 0 Å². The third-order valence-corrected chi connectivity index (χ3v) is 1.77. The summed E-state index contributed by atoms with van der Waals surface area (Å²) in [5.41, 5.74) is 7.54. The number of hydrogen-bond acceptors (Lipinski definition) is 2. The van der Waals surface area contributed by atoms with Crippen molar-refractivity contribution in [1.29, 1.82) is 0 Å². The van der Waals surface area contributed by atoms with Gasteiger partial charge in [0.25, 0.3) is 0 Å². The fourth-order valence-corrected chi connectivity index (χ4v) is 1.11. The van der Waals surface area contributed by atoms with Gasteiger partial charge in [0.05, 0.1) is 0 Å². The normalized spacial score (nSPS) is 9.29. The summed E-state index contributed by atoms with van der Waals surface area (Å²) in [5.74, 6) is 0. The summed E-state index contributed by atoms with van der Waals surface area (Å²) in [7, 11) is 0. The van der Waals surface area contributed by atoms with Crippen molar-refractivity contribution in [2.45, 2.75) is 6.92 Å². The van der Waals surface area contributed by atoms with Crippen molar-refractivity contribution >= 4 is 17.0 Å². The highest BCUT2D eigenvalue weighted by atomic mass is 32.1. The van der Waals surface area contributed by atoms with Crippen LogP contribution >= 0.6 is 11.3 Å². The zero-order valence-electron chi connectivity index (χ0n) is 4.14. The molecule has 0 fully saturated rings. The van der Waals surface area contributed by atoms with Gasteiger partial charge >= 0.3 is 0 Å². The first-order valence-electron chi connectivity index (χ1n) is 2.09. The van der Waals surface area contributed by atoms with Crippen molar-refractivity contribution in [3.05, 3.63) is 16.3 Å². The van der Waals surface area contributed by atoms with Crippen LogP contribution in [-0.4, -0.2) is 0 Å². The molecule has 2 N–H and O–H groups in total. The molecule has 1 rings (SSSR count). The van der Waals surface area contributed by atoms with Crippen LogP contribution in [0.4, 0.5) is 5.69 Å². The van der Waals surface area contributed by atoms with Gasteiger partial charge in [0.2, 0.25) is 0 Å². The van der Waals surface area contributed by atoms with Gasteiger partial charge in [-0.3, -0.25) is 0 Å². The second-order valence-electron chi connectivity index (χ2n) is 1.51. The summed E-state index contributed by atoms with van der Waals surface area (Å²) >= 11 is 1.64. The lowest BCUT2D eigenvalue weighted by atomic mass is 10.3. The molecular formula is C5H7NS. The molecule has 0 unspecified atom stereocenters. The second kappa shape index (κ2) is 1.54. The summed E-state index contributed by atoms with van der Waals surface area (Å²) in [6, 6.07) is 0. The van der Waals surface area contributed by atoms with Crippen molar-refractivity contribution in [1.82, 2.24) is 0 Å². The van der Waals surface area contributed by atoms with Gasteiger partial charge < -0.3 is 5.73 Å². The Balaban J connectivity index is 3.12. The molecule has 1 aromatic rings. The van der Waals surface area contributed by atoms with Gasteiger partial charge in [-0.25, -0.2) is 0 Å². The molecule has 7 heavy (non-hydrogen) atoms. The molecule has 2 heteroatoms. The maximum absolute atomic E-state index is 5.45. The van der Waals surface area contributed by atoms with Crippen LogP contribution in [0.1, 0.15) is 5.56 Å². The number of nitrogen functional groups attached to an aromatic ring is 1.